The maximum absolute atomic E-state index is 5.51. The van der Waals surface area contributed by atoms with Crippen LogP contribution in [0.3, 0.4) is 0 Å². The number of benzene rings is 1. The molecule has 102 valence electrons. The average molecular weight is 276 g/mol. The van der Waals surface area contributed by atoms with Crippen molar-refractivity contribution < 1.29 is 4.74 Å². The van der Waals surface area contributed by atoms with E-state index in [9.17, 15) is 0 Å². The number of piperidine rings is 1. The molecule has 0 aliphatic carbocycles. The first-order valence-electron chi connectivity index (χ1n) is 7.20. The standard InChI is InChI=1S/C15H20N2OS/c1-18-10-7-11-12-9-16-4-3-13(12)17-5-2-6-19-14(8-10)15(11)17/h7-8,12-13,16H,2-6,9H2,1H3. The number of fused-ring (bicyclic) bond motifs is 3. The SMILES string of the molecule is COc1cc2c3c(c1)C1CNCCC1N3CCCS2. The molecule has 0 bridgehead atoms. The van der Waals surface area contributed by atoms with Gasteiger partial charge in [0, 0.05) is 29.9 Å². The van der Waals surface area contributed by atoms with Gasteiger partial charge in [0.1, 0.15) is 5.75 Å². The van der Waals surface area contributed by atoms with Crippen LogP contribution in [-0.4, -0.2) is 38.5 Å². The number of hydrogen-bond donors (Lipinski definition) is 1. The minimum Gasteiger partial charge on any atom is -0.497 e. The van der Waals surface area contributed by atoms with E-state index in [2.05, 4.69) is 22.3 Å². The third kappa shape index (κ3) is 1.77. The summed E-state index contributed by atoms with van der Waals surface area (Å²) in [7, 11) is 1.78. The van der Waals surface area contributed by atoms with E-state index in [-0.39, 0.29) is 0 Å². The number of hydrogen-bond acceptors (Lipinski definition) is 4. The fourth-order valence-corrected chi connectivity index (χ4v) is 4.88. The number of anilines is 1. The van der Waals surface area contributed by atoms with E-state index >= 15 is 0 Å². The van der Waals surface area contributed by atoms with Crippen LogP contribution in [0, 0.1) is 0 Å². The highest BCUT2D eigenvalue weighted by atomic mass is 32.2. The number of thioether (sulfide) groups is 1. The molecule has 19 heavy (non-hydrogen) atoms. The van der Waals surface area contributed by atoms with E-state index < -0.39 is 0 Å². The van der Waals surface area contributed by atoms with Crippen LogP contribution in [0.1, 0.15) is 24.3 Å². The second-order valence-electron chi connectivity index (χ2n) is 5.63. The topological polar surface area (TPSA) is 24.5 Å². The average Bonchev–Trinajstić information content (AvgIpc) is 2.63. The van der Waals surface area contributed by atoms with Crippen LogP contribution >= 0.6 is 11.8 Å². The van der Waals surface area contributed by atoms with Gasteiger partial charge in [-0.05, 0) is 42.8 Å². The van der Waals surface area contributed by atoms with Crippen molar-refractivity contribution >= 4 is 17.4 Å². The monoisotopic (exact) mass is 276 g/mol. The molecular formula is C15H20N2OS. The Labute approximate surface area is 118 Å². The van der Waals surface area contributed by atoms with Gasteiger partial charge in [0.15, 0.2) is 0 Å². The molecule has 2 atom stereocenters. The van der Waals surface area contributed by atoms with Gasteiger partial charge in [0.25, 0.3) is 0 Å². The Morgan fingerprint density at radius 1 is 1.42 bits per heavy atom. The first-order valence-corrected chi connectivity index (χ1v) is 8.19. The van der Waals surface area contributed by atoms with Crippen molar-refractivity contribution in [3.05, 3.63) is 17.7 Å². The van der Waals surface area contributed by atoms with E-state index in [1.54, 1.807) is 7.11 Å². The predicted octanol–water partition coefficient (Wildman–Crippen LogP) is 2.46. The molecule has 1 saturated heterocycles. The van der Waals surface area contributed by atoms with E-state index in [1.807, 2.05) is 11.8 Å². The number of methoxy groups -OCH3 is 1. The van der Waals surface area contributed by atoms with Crippen LogP contribution in [0.4, 0.5) is 5.69 Å². The van der Waals surface area contributed by atoms with E-state index in [4.69, 9.17) is 4.74 Å². The summed E-state index contributed by atoms with van der Waals surface area (Å²) in [6.45, 7) is 3.50. The third-order valence-electron chi connectivity index (χ3n) is 4.65. The van der Waals surface area contributed by atoms with Crippen LogP contribution in [0.2, 0.25) is 0 Å². The Bertz CT molecular complexity index is 505. The lowest BCUT2D eigenvalue weighted by molar-refractivity contribution is 0.399. The van der Waals surface area contributed by atoms with Gasteiger partial charge < -0.3 is 15.0 Å². The molecule has 1 N–H and O–H groups in total. The summed E-state index contributed by atoms with van der Waals surface area (Å²) in [5, 5.41) is 3.56. The second-order valence-corrected chi connectivity index (χ2v) is 6.76. The van der Waals surface area contributed by atoms with Gasteiger partial charge >= 0.3 is 0 Å². The summed E-state index contributed by atoms with van der Waals surface area (Å²) in [6, 6.07) is 5.21. The fraction of sp³-hybridized carbons (Fsp3) is 0.600. The molecule has 1 fully saturated rings. The van der Waals surface area contributed by atoms with Crippen molar-refractivity contribution in [2.24, 2.45) is 0 Å². The second kappa shape index (κ2) is 4.60. The lowest BCUT2D eigenvalue weighted by Gasteiger charge is -2.33. The Morgan fingerprint density at radius 3 is 3.26 bits per heavy atom. The highest BCUT2D eigenvalue weighted by molar-refractivity contribution is 7.99. The maximum atomic E-state index is 5.51. The molecule has 1 aromatic rings. The van der Waals surface area contributed by atoms with Gasteiger partial charge in [0.05, 0.1) is 12.8 Å². The lowest BCUT2D eigenvalue weighted by Crippen LogP contribution is -2.44. The Hall–Kier alpha value is -0.870. The van der Waals surface area contributed by atoms with Crippen LogP contribution in [0.15, 0.2) is 17.0 Å². The summed E-state index contributed by atoms with van der Waals surface area (Å²) in [4.78, 5) is 4.12. The van der Waals surface area contributed by atoms with Gasteiger partial charge in [0.2, 0.25) is 0 Å². The zero-order valence-corrected chi connectivity index (χ0v) is 12.1. The van der Waals surface area contributed by atoms with Gasteiger partial charge in [-0.1, -0.05) is 0 Å². The van der Waals surface area contributed by atoms with Crippen molar-refractivity contribution in [2.75, 3.05) is 37.4 Å². The minimum absolute atomic E-state index is 0.649. The first-order chi connectivity index (χ1) is 9.38. The lowest BCUT2D eigenvalue weighted by atomic mass is 9.90. The molecule has 2 unspecified atom stereocenters. The Morgan fingerprint density at radius 2 is 2.37 bits per heavy atom. The van der Waals surface area contributed by atoms with Crippen LogP contribution in [0.25, 0.3) is 0 Å². The number of nitrogens with zero attached hydrogens (tertiary/aromatic N) is 1. The normalized spacial score (nSPS) is 28.6. The zero-order valence-electron chi connectivity index (χ0n) is 11.3. The third-order valence-corrected chi connectivity index (χ3v) is 5.76. The zero-order chi connectivity index (χ0) is 12.8. The molecular weight excluding hydrogens is 256 g/mol. The summed E-state index contributed by atoms with van der Waals surface area (Å²) in [5.41, 5.74) is 3.03. The van der Waals surface area contributed by atoms with E-state index in [0.29, 0.717) is 12.0 Å². The number of rotatable bonds is 1. The molecule has 3 nitrogen and oxygen atoms in total. The Kier molecular flexibility index (Phi) is 2.88. The molecule has 1 aromatic carbocycles. The molecule has 3 aliphatic heterocycles. The summed E-state index contributed by atoms with van der Waals surface area (Å²) in [6.07, 6.45) is 2.56. The Balaban J connectivity index is 1.88. The molecule has 0 amide bonds. The van der Waals surface area contributed by atoms with Crippen LogP contribution < -0.4 is 15.0 Å². The van der Waals surface area contributed by atoms with Crippen molar-refractivity contribution in [1.29, 1.82) is 0 Å². The molecule has 4 rings (SSSR count). The highest BCUT2D eigenvalue weighted by Gasteiger charge is 2.41. The molecule has 0 aromatic heterocycles. The molecule has 3 aliphatic rings. The van der Waals surface area contributed by atoms with Crippen molar-refractivity contribution in [3.63, 3.8) is 0 Å². The summed E-state index contributed by atoms with van der Waals surface area (Å²) in [5.74, 6) is 2.90. The van der Waals surface area contributed by atoms with Crippen LogP contribution in [0.5, 0.6) is 5.75 Å². The summed E-state index contributed by atoms with van der Waals surface area (Å²) >= 11 is 2.00. The van der Waals surface area contributed by atoms with Crippen molar-refractivity contribution in [3.8, 4) is 5.75 Å². The van der Waals surface area contributed by atoms with Crippen molar-refractivity contribution in [1.82, 2.24) is 5.32 Å². The van der Waals surface area contributed by atoms with Gasteiger partial charge in [-0.25, -0.2) is 0 Å². The number of nitrogens with one attached hydrogen (secondary N) is 1. The van der Waals surface area contributed by atoms with Crippen LogP contribution in [-0.2, 0) is 0 Å². The van der Waals surface area contributed by atoms with E-state index in [0.717, 1.165) is 18.8 Å². The molecule has 4 heteroatoms. The first kappa shape index (κ1) is 11.9. The largest absolute Gasteiger partial charge is 0.497 e. The fourth-order valence-electron chi connectivity index (χ4n) is 3.82. The van der Waals surface area contributed by atoms with E-state index in [1.165, 1.54) is 41.3 Å². The molecule has 0 saturated carbocycles. The van der Waals surface area contributed by atoms with Crippen molar-refractivity contribution in [2.45, 2.75) is 29.7 Å². The molecule has 0 radical (unpaired) electrons. The molecule has 3 heterocycles. The smallest absolute Gasteiger partial charge is 0.120 e. The minimum atomic E-state index is 0.649. The summed E-state index contributed by atoms with van der Waals surface area (Å²) < 4.78 is 5.51. The predicted molar refractivity (Wildman–Crippen MR) is 79.7 cm³/mol. The molecule has 0 spiro atoms. The quantitative estimate of drug-likeness (QED) is 0.851. The van der Waals surface area contributed by atoms with Gasteiger partial charge in [-0.15, -0.1) is 11.8 Å². The van der Waals surface area contributed by atoms with Gasteiger partial charge in [-0.2, -0.15) is 0 Å². The van der Waals surface area contributed by atoms with Gasteiger partial charge in [-0.3, -0.25) is 0 Å². The maximum Gasteiger partial charge on any atom is 0.120 e. The number of ether oxygens (including phenoxy) is 1. The highest BCUT2D eigenvalue weighted by Crippen LogP contribution is 2.50.